The molecule has 0 saturated carbocycles. The molecule has 0 spiro atoms. The normalized spacial score (nSPS) is 12.1. The molecular formula is C40H40BrN3O5S. The number of halogens is 1. The molecule has 50 heavy (non-hydrogen) atoms. The number of amides is 2. The summed E-state index contributed by atoms with van der Waals surface area (Å²) in [4.78, 5) is 30.3. The van der Waals surface area contributed by atoms with Gasteiger partial charge in [0.1, 0.15) is 24.1 Å². The van der Waals surface area contributed by atoms with Gasteiger partial charge in [0.25, 0.3) is 10.0 Å². The van der Waals surface area contributed by atoms with Crippen LogP contribution in [0.25, 0.3) is 0 Å². The summed E-state index contributed by atoms with van der Waals surface area (Å²) in [5, 5.41) is 3.05. The first kappa shape index (κ1) is 36.4. The quantitative estimate of drug-likeness (QED) is 0.132. The van der Waals surface area contributed by atoms with E-state index in [-0.39, 0.29) is 29.5 Å². The minimum atomic E-state index is -4.23. The van der Waals surface area contributed by atoms with Crippen LogP contribution in [0.2, 0.25) is 0 Å². The van der Waals surface area contributed by atoms with Crippen molar-refractivity contribution in [3.8, 4) is 11.5 Å². The van der Waals surface area contributed by atoms with Crippen molar-refractivity contribution in [1.82, 2.24) is 10.2 Å². The largest absolute Gasteiger partial charge is 0.457 e. The van der Waals surface area contributed by atoms with Crippen LogP contribution in [-0.4, -0.2) is 43.3 Å². The molecule has 0 saturated heterocycles. The Morgan fingerprint density at radius 3 is 1.84 bits per heavy atom. The van der Waals surface area contributed by atoms with Gasteiger partial charge in [-0.3, -0.25) is 13.9 Å². The molecule has 8 nitrogen and oxygen atoms in total. The van der Waals surface area contributed by atoms with Crippen molar-refractivity contribution in [2.75, 3.05) is 10.8 Å². The number of para-hydroxylation sites is 1. The fourth-order valence-corrected chi connectivity index (χ4v) is 7.05. The summed E-state index contributed by atoms with van der Waals surface area (Å²) in [7, 11) is -4.23. The van der Waals surface area contributed by atoms with E-state index >= 15 is 0 Å². The molecule has 0 aromatic heterocycles. The molecule has 1 atom stereocenters. The average Bonchev–Trinajstić information content (AvgIpc) is 3.10. The molecule has 5 rings (SSSR count). The van der Waals surface area contributed by atoms with Gasteiger partial charge in [-0.1, -0.05) is 94.8 Å². The summed E-state index contributed by atoms with van der Waals surface area (Å²) in [5.41, 5.74) is 1.33. The standard InChI is InChI=1S/C40H40BrN3O5S/c1-40(2,3)42-39(46)37(27-30-13-7-4-8-14-30)43(28-31-19-21-32(41)22-20-31)38(45)29-44(50(47,48)36-17-11-6-12-18-36)33-23-25-35(26-24-33)49-34-15-9-5-10-16-34/h4-26,37H,27-29H2,1-3H3,(H,42,46). The van der Waals surface area contributed by atoms with E-state index in [0.717, 1.165) is 19.9 Å². The zero-order valence-electron chi connectivity index (χ0n) is 28.2. The smallest absolute Gasteiger partial charge is 0.264 e. The molecule has 0 aliphatic rings. The third-order valence-corrected chi connectivity index (χ3v) is 10.1. The SMILES string of the molecule is CC(C)(C)NC(=O)C(Cc1ccccc1)N(Cc1ccc(Br)cc1)C(=O)CN(c1ccc(Oc2ccccc2)cc1)S(=O)(=O)c1ccccc1. The number of nitrogens with one attached hydrogen (secondary N) is 1. The van der Waals surface area contributed by atoms with Gasteiger partial charge >= 0.3 is 0 Å². The molecule has 0 aliphatic carbocycles. The Labute approximate surface area is 302 Å². The lowest BCUT2D eigenvalue weighted by molar-refractivity contribution is -0.140. The second kappa shape index (κ2) is 16.2. The van der Waals surface area contributed by atoms with E-state index in [4.69, 9.17) is 4.74 Å². The van der Waals surface area contributed by atoms with Crippen molar-refractivity contribution < 1.29 is 22.7 Å². The summed E-state index contributed by atoms with van der Waals surface area (Å²) in [6.07, 6.45) is 0.224. The van der Waals surface area contributed by atoms with Crippen molar-refractivity contribution in [1.29, 1.82) is 0 Å². The molecule has 5 aromatic rings. The van der Waals surface area contributed by atoms with Gasteiger partial charge in [-0.15, -0.1) is 0 Å². The molecule has 258 valence electrons. The predicted molar refractivity (Wildman–Crippen MR) is 200 cm³/mol. The summed E-state index contributed by atoms with van der Waals surface area (Å²) < 4.78 is 36.5. The van der Waals surface area contributed by atoms with Gasteiger partial charge < -0.3 is 15.0 Å². The lowest BCUT2D eigenvalue weighted by atomic mass is 10.0. The van der Waals surface area contributed by atoms with E-state index in [1.54, 1.807) is 42.5 Å². The maximum Gasteiger partial charge on any atom is 0.264 e. The van der Waals surface area contributed by atoms with Crippen molar-refractivity contribution in [2.45, 2.75) is 50.2 Å². The monoisotopic (exact) mass is 753 g/mol. The maximum absolute atomic E-state index is 14.7. The molecule has 0 aliphatic heterocycles. The Morgan fingerprint density at radius 2 is 1.26 bits per heavy atom. The van der Waals surface area contributed by atoms with E-state index in [1.807, 2.05) is 106 Å². The first-order chi connectivity index (χ1) is 23.9. The molecule has 0 radical (unpaired) electrons. The highest BCUT2D eigenvalue weighted by atomic mass is 79.9. The molecule has 5 aromatic carbocycles. The van der Waals surface area contributed by atoms with Crippen LogP contribution in [0, 0.1) is 0 Å². The zero-order chi connectivity index (χ0) is 35.7. The maximum atomic E-state index is 14.7. The van der Waals surface area contributed by atoms with E-state index in [0.29, 0.717) is 11.5 Å². The number of rotatable bonds is 13. The van der Waals surface area contributed by atoms with Crippen LogP contribution in [0.5, 0.6) is 11.5 Å². The van der Waals surface area contributed by atoms with Gasteiger partial charge in [-0.05, 0) is 92.6 Å². The van der Waals surface area contributed by atoms with Crippen LogP contribution in [0.15, 0.2) is 149 Å². The van der Waals surface area contributed by atoms with E-state index in [2.05, 4.69) is 21.2 Å². The molecule has 10 heteroatoms. The molecule has 0 fully saturated rings. The third-order valence-electron chi connectivity index (χ3n) is 7.75. The number of anilines is 1. The fourth-order valence-electron chi connectivity index (χ4n) is 5.35. The van der Waals surface area contributed by atoms with Crippen LogP contribution >= 0.6 is 15.9 Å². The Morgan fingerprint density at radius 1 is 0.720 bits per heavy atom. The summed E-state index contributed by atoms with van der Waals surface area (Å²) in [6.45, 7) is 5.16. The predicted octanol–water partition coefficient (Wildman–Crippen LogP) is 7.99. The number of hydrogen-bond donors (Lipinski definition) is 1. The highest BCUT2D eigenvalue weighted by Crippen LogP contribution is 2.29. The highest BCUT2D eigenvalue weighted by Gasteiger charge is 2.35. The Balaban J connectivity index is 1.56. The summed E-state index contributed by atoms with van der Waals surface area (Å²) in [5.74, 6) is 0.251. The van der Waals surface area contributed by atoms with E-state index in [9.17, 15) is 18.0 Å². The molecule has 1 N–H and O–H groups in total. The van der Waals surface area contributed by atoms with Gasteiger partial charge in [-0.2, -0.15) is 0 Å². The van der Waals surface area contributed by atoms with E-state index in [1.165, 1.54) is 17.0 Å². The first-order valence-corrected chi connectivity index (χ1v) is 18.4. The summed E-state index contributed by atoms with van der Waals surface area (Å²) >= 11 is 3.47. The second-order valence-electron chi connectivity index (χ2n) is 12.8. The molecular weight excluding hydrogens is 714 g/mol. The van der Waals surface area contributed by atoms with Gasteiger partial charge in [0.15, 0.2) is 0 Å². The molecule has 1 unspecified atom stereocenters. The van der Waals surface area contributed by atoms with Crippen molar-refractivity contribution in [2.24, 2.45) is 0 Å². The molecule has 2 amide bonds. The number of ether oxygens (including phenoxy) is 1. The van der Waals surface area contributed by atoms with E-state index < -0.39 is 34.1 Å². The fraction of sp³-hybridized carbons (Fsp3) is 0.200. The van der Waals surface area contributed by atoms with Crippen LogP contribution in [0.1, 0.15) is 31.9 Å². The minimum absolute atomic E-state index is 0.0307. The van der Waals surface area contributed by atoms with Gasteiger partial charge in [-0.25, -0.2) is 8.42 Å². The average molecular weight is 755 g/mol. The van der Waals surface area contributed by atoms with Gasteiger partial charge in [0, 0.05) is 23.0 Å². The topological polar surface area (TPSA) is 96.0 Å². The Kier molecular flexibility index (Phi) is 11.8. The van der Waals surface area contributed by atoms with Crippen molar-refractivity contribution in [3.63, 3.8) is 0 Å². The van der Waals surface area contributed by atoms with Crippen LogP contribution in [0.4, 0.5) is 5.69 Å². The third kappa shape index (κ3) is 9.83. The number of benzene rings is 5. The Bertz CT molecular complexity index is 1970. The number of sulfonamides is 1. The lowest BCUT2D eigenvalue weighted by Crippen LogP contribution is -2.56. The van der Waals surface area contributed by atoms with Crippen molar-refractivity contribution >= 4 is 43.5 Å². The van der Waals surface area contributed by atoms with Gasteiger partial charge in [0.2, 0.25) is 11.8 Å². The lowest BCUT2D eigenvalue weighted by Gasteiger charge is -2.35. The van der Waals surface area contributed by atoms with Gasteiger partial charge in [0.05, 0.1) is 10.6 Å². The highest BCUT2D eigenvalue weighted by molar-refractivity contribution is 9.10. The molecule has 0 bridgehead atoms. The number of carbonyl (C=O) groups excluding carboxylic acids is 2. The number of carbonyl (C=O) groups is 2. The minimum Gasteiger partial charge on any atom is -0.457 e. The second-order valence-corrected chi connectivity index (χ2v) is 15.6. The number of hydrogen-bond acceptors (Lipinski definition) is 5. The van der Waals surface area contributed by atoms with Crippen LogP contribution in [-0.2, 0) is 32.6 Å². The van der Waals surface area contributed by atoms with Crippen LogP contribution < -0.4 is 14.4 Å². The summed E-state index contributed by atoms with van der Waals surface area (Å²) in [6, 6.07) is 39.8. The number of nitrogens with zero attached hydrogens (tertiary/aromatic N) is 2. The van der Waals surface area contributed by atoms with Crippen LogP contribution in [0.3, 0.4) is 0 Å². The van der Waals surface area contributed by atoms with Crippen molar-refractivity contribution in [3.05, 3.63) is 155 Å². The first-order valence-electron chi connectivity index (χ1n) is 16.2. The molecule has 0 heterocycles. The zero-order valence-corrected chi connectivity index (χ0v) is 30.6. The Hall–Kier alpha value is -4.93.